The average Bonchev–Trinajstić information content (AvgIpc) is 1.86. The molecule has 2 atom stereocenters. The second kappa shape index (κ2) is 2.59. The minimum atomic E-state index is -0.571. The molecule has 0 aromatic heterocycles. The lowest BCUT2D eigenvalue weighted by molar-refractivity contribution is 0.0106. The van der Waals surface area contributed by atoms with Crippen LogP contribution in [-0.4, -0.2) is 10.7 Å². The van der Waals surface area contributed by atoms with Crippen molar-refractivity contribution in [3.8, 4) is 6.07 Å². The molecule has 0 amide bonds. The van der Waals surface area contributed by atoms with Crippen LogP contribution in [0.4, 0.5) is 0 Å². The molecule has 2 nitrogen and oxygen atoms in total. The van der Waals surface area contributed by atoms with E-state index in [1.807, 2.05) is 6.92 Å². The Morgan fingerprint density at radius 3 is 2.80 bits per heavy atom. The van der Waals surface area contributed by atoms with E-state index in [2.05, 4.69) is 6.07 Å². The third-order valence-corrected chi connectivity index (χ3v) is 2.14. The molecule has 1 fully saturated rings. The predicted octanol–water partition coefficient (Wildman–Crippen LogP) is 1.45. The molecule has 1 aliphatic carbocycles. The van der Waals surface area contributed by atoms with Crippen molar-refractivity contribution in [2.45, 2.75) is 38.2 Å². The molecule has 0 radical (unpaired) electrons. The van der Waals surface area contributed by atoms with Crippen molar-refractivity contribution in [1.82, 2.24) is 0 Å². The van der Waals surface area contributed by atoms with Crippen LogP contribution in [0.15, 0.2) is 0 Å². The van der Waals surface area contributed by atoms with Crippen molar-refractivity contribution in [1.29, 1.82) is 5.26 Å². The smallest absolute Gasteiger partial charge is 0.0656 e. The highest BCUT2D eigenvalue weighted by Gasteiger charge is 2.29. The third-order valence-electron chi connectivity index (χ3n) is 2.14. The van der Waals surface area contributed by atoms with Crippen LogP contribution in [0.25, 0.3) is 0 Å². The van der Waals surface area contributed by atoms with E-state index in [4.69, 9.17) is 5.26 Å². The molecule has 1 saturated carbocycles. The zero-order valence-corrected chi connectivity index (χ0v) is 6.30. The van der Waals surface area contributed by atoms with E-state index in [9.17, 15) is 5.11 Å². The van der Waals surface area contributed by atoms with Gasteiger partial charge in [-0.3, -0.25) is 0 Å². The number of nitriles is 1. The van der Waals surface area contributed by atoms with Crippen LogP contribution >= 0.6 is 0 Å². The average molecular weight is 139 g/mol. The summed E-state index contributed by atoms with van der Waals surface area (Å²) in [6, 6.07) is 2.20. The first kappa shape index (κ1) is 7.56. The van der Waals surface area contributed by atoms with Crippen LogP contribution in [0.3, 0.4) is 0 Å². The van der Waals surface area contributed by atoms with Gasteiger partial charge in [0, 0.05) is 5.92 Å². The summed E-state index contributed by atoms with van der Waals surface area (Å²) in [6.45, 7) is 1.82. The standard InChI is InChI=1S/C8H13NO/c1-8(10)4-2-3-7(5-8)6-9/h7,10H,2-5H2,1H3/t7?,8-/m0/s1. The molecule has 10 heavy (non-hydrogen) atoms. The Balaban J connectivity index is 2.49. The molecule has 0 heterocycles. The molecular weight excluding hydrogens is 126 g/mol. The van der Waals surface area contributed by atoms with Crippen molar-refractivity contribution in [3.63, 3.8) is 0 Å². The van der Waals surface area contributed by atoms with Gasteiger partial charge >= 0.3 is 0 Å². The molecular formula is C8H13NO. The predicted molar refractivity (Wildman–Crippen MR) is 38.2 cm³/mol. The van der Waals surface area contributed by atoms with Crippen molar-refractivity contribution in [2.75, 3.05) is 0 Å². The lowest BCUT2D eigenvalue weighted by atomic mass is 9.80. The van der Waals surface area contributed by atoms with Gasteiger partial charge in [-0.25, -0.2) is 0 Å². The van der Waals surface area contributed by atoms with Crippen LogP contribution in [0, 0.1) is 17.2 Å². The normalized spacial score (nSPS) is 40.7. The first-order valence-corrected chi connectivity index (χ1v) is 3.76. The molecule has 1 rings (SSSR count). The van der Waals surface area contributed by atoms with Gasteiger partial charge in [0.15, 0.2) is 0 Å². The molecule has 1 aliphatic rings. The molecule has 0 spiro atoms. The van der Waals surface area contributed by atoms with E-state index in [0.29, 0.717) is 6.42 Å². The van der Waals surface area contributed by atoms with Gasteiger partial charge in [0.2, 0.25) is 0 Å². The summed E-state index contributed by atoms with van der Waals surface area (Å²) >= 11 is 0. The summed E-state index contributed by atoms with van der Waals surface area (Å²) < 4.78 is 0. The fourth-order valence-electron chi connectivity index (χ4n) is 1.57. The van der Waals surface area contributed by atoms with Crippen molar-refractivity contribution >= 4 is 0 Å². The van der Waals surface area contributed by atoms with Crippen LogP contribution in [0.1, 0.15) is 32.6 Å². The van der Waals surface area contributed by atoms with Crippen molar-refractivity contribution in [2.24, 2.45) is 5.92 Å². The van der Waals surface area contributed by atoms with E-state index in [0.717, 1.165) is 19.3 Å². The van der Waals surface area contributed by atoms with E-state index in [-0.39, 0.29) is 5.92 Å². The first-order chi connectivity index (χ1) is 4.64. The summed E-state index contributed by atoms with van der Waals surface area (Å²) in [5.41, 5.74) is -0.571. The van der Waals surface area contributed by atoms with Crippen molar-refractivity contribution < 1.29 is 5.11 Å². The molecule has 0 aromatic carbocycles. The van der Waals surface area contributed by atoms with E-state index in [1.54, 1.807) is 0 Å². The van der Waals surface area contributed by atoms with Gasteiger partial charge in [-0.2, -0.15) is 5.26 Å². The zero-order valence-electron chi connectivity index (χ0n) is 6.30. The van der Waals surface area contributed by atoms with Gasteiger partial charge in [0.1, 0.15) is 0 Å². The van der Waals surface area contributed by atoms with Gasteiger partial charge < -0.3 is 5.11 Å². The number of aliphatic hydroxyl groups is 1. The van der Waals surface area contributed by atoms with Gasteiger partial charge in [0.25, 0.3) is 0 Å². The van der Waals surface area contributed by atoms with Gasteiger partial charge in [-0.1, -0.05) is 0 Å². The first-order valence-electron chi connectivity index (χ1n) is 3.76. The van der Waals surface area contributed by atoms with Gasteiger partial charge in [0.05, 0.1) is 11.7 Å². The molecule has 1 unspecified atom stereocenters. The zero-order chi connectivity index (χ0) is 7.61. The summed E-state index contributed by atoms with van der Waals surface area (Å²) in [5, 5.41) is 18.1. The Kier molecular flexibility index (Phi) is 1.96. The lowest BCUT2D eigenvalue weighted by Crippen LogP contribution is -2.31. The minimum Gasteiger partial charge on any atom is -0.390 e. The molecule has 0 aromatic rings. The molecule has 2 heteroatoms. The fourth-order valence-corrected chi connectivity index (χ4v) is 1.57. The second-order valence-corrected chi connectivity index (χ2v) is 3.42. The topological polar surface area (TPSA) is 44.0 Å². The Morgan fingerprint density at radius 1 is 1.70 bits per heavy atom. The maximum absolute atomic E-state index is 9.52. The quantitative estimate of drug-likeness (QED) is 0.552. The van der Waals surface area contributed by atoms with Crippen LogP contribution in [-0.2, 0) is 0 Å². The second-order valence-electron chi connectivity index (χ2n) is 3.42. The summed E-state index contributed by atoms with van der Waals surface area (Å²) in [6.07, 6.45) is 3.46. The van der Waals surface area contributed by atoms with E-state index >= 15 is 0 Å². The van der Waals surface area contributed by atoms with Gasteiger partial charge in [-0.05, 0) is 32.6 Å². The van der Waals surface area contributed by atoms with Gasteiger partial charge in [-0.15, -0.1) is 0 Å². The molecule has 56 valence electrons. The Hall–Kier alpha value is -0.550. The maximum Gasteiger partial charge on any atom is 0.0656 e. The molecule has 0 bridgehead atoms. The highest BCUT2D eigenvalue weighted by atomic mass is 16.3. The summed E-state index contributed by atoms with van der Waals surface area (Å²) in [7, 11) is 0. The van der Waals surface area contributed by atoms with Crippen molar-refractivity contribution in [3.05, 3.63) is 0 Å². The lowest BCUT2D eigenvalue weighted by Gasteiger charge is -2.30. The fraction of sp³-hybridized carbons (Fsp3) is 0.875. The van der Waals surface area contributed by atoms with Crippen LogP contribution < -0.4 is 0 Å². The van der Waals surface area contributed by atoms with E-state index in [1.165, 1.54) is 0 Å². The van der Waals surface area contributed by atoms with Crippen LogP contribution in [0.2, 0.25) is 0 Å². The minimum absolute atomic E-state index is 0.0868. The Bertz CT molecular complexity index is 157. The number of rotatable bonds is 0. The number of hydrogen-bond acceptors (Lipinski definition) is 2. The summed E-state index contributed by atoms with van der Waals surface area (Å²) in [5.74, 6) is 0.0868. The molecule has 1 N–H and O–H groups in total. The SMILES string of the molecule is C[C@]1(O)CCCC(C#N)C1. The largest absolute Gasteiger partial charge is 0.390 e. The number of nitrogens with zero attached hydrogens (tertiary/aromatic N) is 1. The maximum atomic E-state index is 9.52. The highest BCUT2D eigenvalue weighted by Crippen LogP contribution is 2.31. The monoisotopic (exact) mass is 139 g/mol. The number of hydrogen-bond donors (Lipinski definition) is 1. The third kappa shape index (κ3) is 1.71. The Morgan fingerprint density at radius 2 is 2.40 bits per heavy atom. The molecule has 0 aliphatic heterocycles. The Labute approximate surface area is 61.5 Å². The summed E-state index contributed by atoms with van der Waals surface area (Å²) in [4.78, 5) is 0. The molecule has 0 saturated heterocycles. The van der Waals surface area contributed by atoms with Crippen LogP contribution in [0.5, 0.6) is 0 Å². The van der Waals surface area contributed by atoms with E-state index < -0.39 is 5.60 Å². The highest BCUT2D eigenvalue weighted by molar-refractivity contribution is 4.92.